The third-order valence-electron chi connectivity index (χ3n) is 2.30. The summed E-state index contributed by atoms with van der Waals surface area (Å²) in [6.07, 6.45) is -4.79. The lowest BCUT2D eigenvalue weighted by Crippen LogP contribution is -2.20. The Morgan fingerprint density at radius 3 is 2.40 bits per heavy atom. The van der Waals surface area contributed by atoms with E-state index in [4.69, 9.17) is 16.3 Å². The molecule has 0 aliphatic heterocycles. The third-order valence-corrected chi connectivity index (χ3v) is 2.55. The quantitative estimate of drug-likeness (QED) is 0.923. The first-order valence-corrected chi connectivity index (χ1v) is 5.76. The smallest absolute Gasteiger partial charge is 0.437 e. The minimum atomic E-state index is -4.79. The normalized spacial score (nSPS) is 11.4. The maximum atomic E-state index is 12.9. The van der Waals surface area contributed by atoms with Gasteiger partial charge in [-0.25, -0.2) is 4.98 Å². The first kappa shape index (κ1) is 14.4. The molecule has 0 aliphatic rings. The fourth-order valence-corrected chi connectivity index (χ4v) is 1.61. The van der Waals surface area contributed by atoms with Crippen molar-refractivity contribution < 1.29 is 17.9 Å². The predicted octanol–water partition coefficient (Wildman–Crippen LogP) is 3.54. The second kappa shape index (κ2) is 5.16. The molecule has 1 aromatic heterocycles. The summed E-state index contributed by atoms with van der Waals surface area (Å²) in [6.45, 7) is 1.25. The number of nitrogens with zero attached hydrogens (tertiary/aromatic N) is 1. The summed E-state index contributed by atoms with van der Waals surface area (Å²) in [7, 11) is 0. The summed E-state index contributed by atoms with van der Waals surface area (Å²) in [5.74, 6) is -0.993. The number of hydrogen-bond donors (Lipinski definition) is 1. The molecule has 0 radical (unpaired) electrons. The van der Waals surface area contributed by atoms with E-state index in [1.807, 2.05) is 0 Å². The number of aromatic amines is 1. The summed E-state index contributed by atoms with van der Waals surface area (Å²) in [6, 6.07) is 5.56. The van der Waals surface area contributed by atoms with Crippen molar-refractivity contribution in [1.82, 2.24) is 9.97 Å². The van der Waals surface area contributed by atoms with Crippen molar-refractivity contribution in [3.05, 3.63) is 51.2 Å². The summed E-state index contributed by atoms with van der Waals surface area (Å²) >= 11 is 5.65. The van der Waals surface area contributed by atoms with Crippen LogP contribution in [0, 0.1) is 6.92 Å². The number of halogens is 4. The minimum Gasteiger partial charge on any atom is -0.449 e. The average Bonchev–Trinajstić information content (AvgIpc) is 2.33. The van der Waals surface area contributed by atoms with Crippen LogP contribution in [0.4, 0.5) is 13.2 Å². The van der Waals surface area contributed by atoms with Crippen LogP contribution in [0.25, 0.3) is 0 Å². The number of alkyl halides is 3. The van der Waals surface area contributed by atoms with Crippen LogP contribution in [0.2, 0.25) is 5.02 Å². The highest BCUT2D eigenvalue weighted by Gasteiger charge is 2.38. The molecule has 106 valence electrons. The molecule has 0 spiro atoms. The number of hydrogen-bond acceptors (Lipinski definition) is 3. The van der Waals surface area contributed by atoms with Crippen molar-refractivity contribution in [1.29, 1.82) is 0 Å². The van der Waals surface area contributed by atoms with E-state index in [0.29, 0.717) is 5.02 Å². The Balaban J connectivity index is 2.50. The largest absolute Gasteiger partial charge is 0.449 e. The molecule has 0 aliphatic carbocycles. The van der Waals surface area contributed by atoms with Gasteiger partial charge < -0.3 is 9.72 Å². The molecule has 0 fully saturated rings. The molecule has 2 rings (SSSR count). The molecular weight excluding hydrogens is 297 g/mol. The van der Waals surface area contributed by atoms with E-state index < -0.39 is 23.2 Å². The summed E-state index contributed by atoms with van der Waals surface area (Å²) < 4.78 is 43.6. The van der Waals surface area contributed by atoms with Crippen LogP contribution in [0.15, 0.2) is 29.1 Å². The van der Waals surface area contributed by atoms with Crippen molar-refractivity contribution in [2.75, 3.05) is 0 Å². The molecule has 4 nitrogen and oxygen atoms in total. The van der Waals surface area contributed by atoms with E-state index in [1.165, 1.54) is 31.2 Å². The topological polar surface area (TPSA) is 55.0 Å². The van der Waals surface area contributed by atoms with E-state index in [0.717, 1.165) is 0 Å². The van der Waals surface area contributed by atoms with Crippen LogP contribution in [0.3, 0.4) is 0 Å². The van der Waals surface area contributed by atoms with Crippen LogP contribution in [-0.2, 0) is 6.18 Å². The number of nitrogens with one attached hydrogen (secondary N) is 1. The van der Waals surface area contributed by atoms with Gasteiger partial charge in [0.2, 0.25) is 5.75 Å². The standard InChI is InChI=1S/C12H8ClF3N2O2/c1-6-17-10(12(14,15)16)9(11(19)18-6)20-8-4-2-7(13)3-5-8/h2-5H,1H3,(H,17,18,19). The number of aromatic nitrogens is 2. The zero-order valence-electron chi connectivity index (χ0n) is 10.1. The van der Waals surface area contributed by atoms with Gasteiger partial charge in [0.15, 0.2) is 5.69 Å². The van der Waals surface area contributed by atoms with Crippen LogP contribution in [-0.4, -0.2) is 9.97 Å². The van der Waals surface area contributed by atoms with Gasteiger partial charge in [-0.2, -0.15) is 13.2 Å². The van der Waals surface area contributed by atoms with E-state index in [9.17, 15) is 18.0 Å². The van der Waals surface area contributed by atoms with Crippen molar-refractivity contribution in [3.8, 4) is 11.5 Å². The first-order valence-electron chi connectivity index (χ1n) is 5.39. The zero-order valence-corrected chi connectivity index (χ0v) is 10.8. The molecular formula is C12H8ClF3N2O2. The molecule has 0 atom stereocenters. The SMILES string of the molecule is Cc1nc(C(F)(F)F)c(Oc2ccc(Cl)cc2)c(=O)[nH]1. The Kier molecular flexibility index (Phi) is 3.71. The lowest BCUT2D eigenvalue weighted by Gasteiger charge is -2.12. The zero-order chi connectivity index (χ0) is 14.9. The van der Waals surface area contributed by atoms with Crippen molar-refractivity contribution >= 4 is 11.6 Å². The van der Waals surface area contributed by atoms with Crippen LogP contribution >= 0.6 is 11.6 Å². The average molecular weight is 305 g/mol. The second-order valence-corrected chi connectivity index (χ2v) is 4.32. The van der Waals surface area contributed by atoms with Gasteiger partial charge in [-0.3, -0.25) is 4.79 Å². The van der Waals surface area contributed by atoms with E-state index in [2.05, 4.69) is 9.97 Å². The molecule has 1 N–H and O–H groups in total. The van der Waals surface area contributed by atoms with E-state index >= 15 is 0 Å². The first-order chi connectivity index (χ1) is 9.27. The Bertz CT molecular complexity index is 681. The van der Waals surface area contributed by atoms with Crippen molar-refractivity contribution in [2.24, 2.45) is 0 Å². The number of H-pyrrole nitrogens is 1. The fourth-order valence-electron chi connectivity index (χ4n) is 1.48. The van der Waals surface area contributed by atoms with E-state index in [1.54, 1.807) is 0 Å². The Morgan fingerprint density at radius 2 is 1.85 bits per heavy atom. The molecule has 8 heteroatoms. The molecule has 20 heavy (non-hydrogen) atoms. The molecule has 1 heterocycles. The Hall–Kier alpha value is -2.02. The maximum Gasteiger partial charge on any atom is 0.437 e. The van der Waals surface area contributed by atoms with Gasteiger partial charge in [-0.15, -0.1) is 0 Å². The summed E-state index contributed by atoms with van der Waals surface area (Å²) in [5, 5.41) is 0.393. The summed E-state index contributed by atoms with van der Waals surface area (Å²) in [4.78, 5) is 17.1. The van der Waals surface area contributed by atoms with Gasteiger partial charge in [0, 0.05) is 5.02 Å². The molecule has 0 saturated heterocycles. The van der Waals surface area contributed by atoms with E-state index in [-0.39, 0.29) is 11.6 Å². The predicted molar refractivity (Wildman–Crippen MR) is 66.1 cm³/mol. The second-order valence-electron chi connectivity index (χ2n) is 3.88. The minimum absolute atomic E-state index is 0.0519. The molecule has 2 aromatic rings. The maximum absolute atomic E-state index is 12.9. The molecule has 1 aromatic carbocycles. The molecule has 0 saturated carbocycles. The van der Waals surface area contributed by atoms with Gasteiger partial charge in [0.1, 0.15) is 11.6 Å². The number of rotatable bonds is 2. The number of benzene rings is 1. The lowest BCUT2D eigenvalue weighted by molar-refractivity contribution is -0.142. The monoisotopic (exact) mass is 304 g/mol. The van der Waals surface area contributed by atoms with Crippen molar-refractivity contribution in [2.45, 2.75) is 13.1 Å². The molecule has 0 amide bonds. The highest BCUT2D eigenvalue weighted by atomic mass is 35.5. The van der Waals surface area contributed by atoms with Gasteiger partial charge in [0.05, 0.1) is 0 Å². The Morgan fingerprint density at radius 1 is 1.25 bits per heavy atom. The fraction of sp³-hybridized carbons (Fsp3) is 0.167. The molecule has 0 bridgehead atoms. The summed E-state index contributed by atoms with van der Waals surface area (Å²) in [5.41, 5.74) is -2.37. The highest BCUT2D eigenvalue weighted by Crippen LogP contribution is 2.34. The van der Waals surface area contributed by atoms with Gasteiger partial charge in [0.25, 0.3) is 5.56 Å². The molecule has 0 unspecified atom stereocenters. The van der Waals surface area contributed by atoms with Gasteiger partial charge in [-0.1, -0.05) is 11.6 Å². The van der Waals surface area contributed by atoms with Crippen molar-refractivity contribution in [3.63, 3.8) is 0 Å². The highest BCUT2D eigenvalue weighted by molar-refractivity contribution is 6.30. The lowest BCUT2D eigenvalue weighted by atomic mass is 10.3. The van der Waals surface area contributed by atoms with Gasteiger partial charge in [-0.05, 0) is 31.2 Å². The van der Waals surface area contributed by atoms with Gasteiger partial charge >= 0.3 is 6.18 Å². The third kappa shape index (κ3) is 3.11. The van der Waals surface area contributed by atoms with Crippen LogP contribution in [0.5, 0.6) is 11.5 Å². The Labute approximate surface area is 116 Å². The van der Waals surface area contributed by atoms with Crippen LogP contribution < -0.4 is 10.3 Å². The number of ether oxygens (including phenoxy) is 1. The number of aryl methyl sites for hydroxylation is 1. The van der Waals surface area contributed by atoms with Crippen LogP contribution in [0.1, 0.15) is 11.5 Å².